The second-order valence-electron chi connectivity index (χ2n) is 6.08. The van der Waals surface area contributed by atoms with Crippen molar-refractivity contribution < 1.29 is 4.74 Å². The Morgan fingerprint density at radius 1 is 1.16 bits per heavy atom. The van der Waals surface area contributed by atoms with Crippen LogP contribution in [0.4, 0.5) is 0 Å². The summed E-state index contributed by atoms with van der Waals surface area (Å²) in [6, 6.07) is 4.75. The minimum atomic E-state index is -0.0540. The zero-order chi connectivity index (χ0) is 14.6. The Kier molecular flexibility index (Phi) is 5.57. The molecule has 0 heterocycles. The lowest BCUT2D eigenvalue weighted by molar-refractivity contribution is -0.0301. The van der Waals surface area contributed by atoms with Crippen LogP contribution in [0.5, 0.6) is 0 Å². The molecule has 1 rings (SSSR count). The van der Waals surface area contributed by atoms with Crippen LogP contribution in [0.15, 0.2) is 12.1 Å². The van der Waals surface area contributed by atoms with Crippen molar-refractivity contribution in [3.8, 4) is 0 Å². The quantitative estimate of drug-likeness (QED) is 0.835. The molecule has 1 atom stereocenters. The van der Waals surface area contributed by atoms with E-state index in [0.29, 0.717) is 6.61 Å². The van der Waals surface area contributed by atoms with Crippen LogP contribution in [0, 0.1) is 20.8 Å². The molecule has 0 bridgehead atoms. The SMILES string of the molecule is CCC(C)(C)OCC(NC)c1c(C)cc(C)cc1C. The van der Waals surface area contributed by atoms with Gasteiger partial charge >= 0.3 is 0 Å². The molecule has 0 saturated carbocycles. The molecule has 1 aromatic carbocycles. The molecule has 0 aromatic heterocycles. The Balaban J connectivity index is 2.92. The standard InChI is InChI=1S/C17H29NO/c1-8-17(5,6)19-11-15(18-7)16-13(3)9-12(2)10-14(16)4/h9-10,15,18H,8,11H2,1-7H3. The first-order valence-corrected chi connectivity index (χ1v) is 7.19. The molecule has 0 aliphatic carbocycles. The monoisotopic (exact) mass is 263 g/mol. The molecular formula is C17H29NO. The van der Waals surface area contributed by atoms with Crippen LogP contribution in [-0.2, 0) is 4.74 Å². The second-order valence-corrected chi connectivity index (χ2v) is 6.08. The van der Waals surface area contributed by atoms with E-state index in [0.717, 1.165) is 6.42 Å². The van der Waals surface area contributed by atoms with Gasteiger partial charge in [-0.3, -0.25) is 0 Å². The molecule has 1 aromatic rings. The molecule has 2 heteroatoms. The Bertz CT molecular complexity index is 400. The van der Waals surface area contributed by atoms with Gasteiger partial charge in [-0.25, -0.2) is 0 Å². The van der Waals surface area contributed by atoms with Crippen molar-refractivity contribution in [3.63, 3.8) is 0 Å². The highest BCUT2D eigenvalue weighted by Gasteiger charge is 2.20. The van der Waals surface area contributed by atoms with Gasteiger partial charge in [0.05, 0.1) is 18.2 Å². The highest BCUT2D eigenvalue weighted by atomic mass is 16.5. The molecule has 0 spiro atoms. The van der Waals surface area contributed by atoms with E-state index >= 15 is 0 Å². The summed E-state index contributed by atoms with van der Waals surface area (Å²) in [5, 5.41) is 3.39. The molecule has 0 aliphatic rings. The number of aryl methyl sites for hydroxylation is 3. The summed E-state index contributed by atoms with van der Waals surface area (Å²) in [7, 11) is 2.01. The van der Waals surface area contributed by atoms with Gasteiger partial charge in [-0.2, -0.15) is 0 Å². The van der Waals surface area contributed by atoms with Gasteiger partial charge in [0, 0.05) is 0 Å². The molecule has 0 fully saturated rings. The number of benzene rings is 1. The molecule has 108 valence electrons. The number of nitrogens with one attached hydrogen (secondary N) is 1. The van der Waals surface area contributed by atoms with Crippen molar-refractivity contribution >= 4 is 0 Å². The predicted molar refractivity (Wildman–Crippen MR) is 82.8 cm³/mol. The van der Waals surface area contributed by atoms with Gasteiger partial charge in [-0.05, 0) is 64.8 Å². The molecule has 0 radical (unpaired) electrons. The maximum Gasteiger partial charge on any atom is 0.0668 e. The first-order valence-electron chi connectivity index (χ1n) is 7.19. The highest BCUT2D eigenvalue weighted by Crippen LogP contribution is 2.25. The Morgan fingerprint density at radius 2 is 1.68 bits per heavy atom. The highest BCUT2D eigenvalue weighted by molar-refractivity contribution is 5.39. The van der Waals surface area contributed by atoms with E-state index in [-0.39, 0.29) is 11.6 Å². The van der Waals surface area contributed by atoms with Gasteiger partial charge in [0.15, 0.2) is 0 Å². The van der Waals surface area contributed by atoms with Crippen molar-refractivity contribution in [2.45, 2.75) is 59.6 Å². The lowest BCUT2D eigenvalue weighted by atomic mass is 9.94. The van der Waals surface area contributed by atoms with Gasteiger partial charge in [0.25, 0.3) is 0 Å². The van der Waals surface area contributed by atoms with Crippen molar-refractivity contribution in [2.75, 3.05) is 13.7 Å². The first-order chi connectivity index (χ1) is 8.80. The average molecular weight is 263 g/mol. The molecule has 2 nitrogen and oxygen atoms in total. The summed E-state index contributed by atoms with van der Waals surface area (Å²) in [5.74, 6) is 0. The van der Waals surface area contributed by atoms with Crippen LogP contribution >= 0.6 is 0 Å². The van der Waals surface area contributed by atoms with Gasteiger partial charge in [-0.15, -0.1) is 0 Å². The van der Waals surface area contributed by atoms with E-state index in [2.05, 4.69) is 59.0 Å². The van der Waals surface area contributed by atoms with Crippen molar-refractivity contribution in [1.82, 2.24) is 5.32 Å². The van der Waals surface area contributed by atoms with Crippen LogP contribution in [0.25, 0.3) is 0 Å². The summed E-state index contributed by atoms with van der Waals surface area (Å²) in [6.45, 7) is 13.7. The van der Waals surface area contributed by atoms with Crippen LogP contribution in [0.3, 0.4) is 0 Å². The Morgan fingerprint density at radius 3 is 2.11 bits per heavy atom. The zero-order valence-electron chi connectivity index (χ0n) is 13.6. The van der Waals surface area contributed by atoms with E-state index in [9.17, 15) is 0 Å². The number of rotatable bonds is 6. The van der Waals surface area contributed by atoms with E-state index < -0.39 is 0 Å². The Labute approximate surface area is 118 Å². The number of likely N-dealkylation sites (N-methyl/N-ethyl adjacent to an activating group) is 1. The lowest BCUT2D eigenvalue weighted by Crippen LogP contribution is -2.31. The lowest BCUT2D eigenvalue weighted by Gasteiger charge is -2.28. The van der Waals surface area contributed by atoms with E-state index in [1.165, 1.54) is 22.3 Å². The number of ether oxygens (including phenoxy) is 1. The fraction of sp³-hybridized carbons (Fsp3) is 0.647. The third kappa shape index (κ3) is 4.32. The van der Waals surface area contributed by atoms with Crippen molar-refractivity contribution in [2.24, 2.45) is 0 Å². The van der Waals surface area contributed by atoms with Crippen molar-refractivity contribution in [3.05, 3.63) is 34.4 Å². The molecular weight excluding hydrogens is 234 g/mol. The zero-order valence-corrected chi connectivity index (χ0v) is 13.6. The summed E-state index contributed by atoms with van der Waals surface area (Å²) >= 11 is 0. The van der Waals surface area contributed by atoms with Crippen molar-refractivity contribution in [1.29, 1.82) is 0 Å². The van der Waals surface area contributed by atoms with Crippen LogP contribution in [0.2, 0.25) is 0 Å². The fourth-order valence-corrected chi connectivity index (χ4v) is 2.46. The largest absolute Gasteiger partial charge is 0.374 e. The van der Waals surface area contributed by atoms with E-state index in [1.807, 2.05) is 7.05 Å². The van der Waals surface area contributed by atoms with Crippen LogP contribution < -0.4 is 5.32 Å². The maximum absolute atomic E-state index is 6.06. The van der Waals surface area contributed by atoms with Crippen LogP contribution in [0.1, 0.15) is 55.5 Å². The van der Waals surface area contributed by atoms with E-state index in [4.69, 9.17) is 4.74 Å². The molecule has 0 aliphatic heterocycles. The molecule has 0 saturated heterocycles. The van der Waals surface area contributed by atoms with Gasteiger partial charge in [0.1, 0.15) is 0 Å². The molecule has 19 heavy (non-hydrogen) atoms. The van der Waals surface area contributed by atoms with Gasteiger partial charge in [0.2, 0.25) is 0 Å². The smallest absolute Gasteiger partial charge is 0.0668 e. The first kappa shape index (κ1) is 16.2. The number of hydrogen-bond acceptors (Lipinski definition) is 2. The second kappa shape index (κ2) is 6.53. The Hall–Kier alpha value is -0.860. The predicted octanol–water partition coefficient (Wildman–Crippen LogP) is 4.08. The molecule has 0 amide bonds. The summed E-state index contributed by atoms with van der Waals surface area (Å²) in [6.07, 6.45) is 1.02. The van der Waals surface area contributed by atoms with Gasteiger partial charge < -0.3 is 10.1 Å². The molecule has 1 unspecified atom stereocenters. The third-order valence-corrected chi connectivity index (χ3v) is 3.93. The van der Waals surface area contributed by atoms with Crippen LogP contribution in [-0.4, -0.2) is 19.3 Å². The van der Waals surface area contributed by atoms with E-state index in [1.54, 1.807) is 0 Å². The average Bonchev–Trinajstić information content (AvgIpc) is 2.32. The topological polar surface area (TPSA) is 21.3 Å². The summed E-state index contributed by atoms with van der Waals surface area (Å²) in [5.41, 5.74) is 5.33. The molecule has 1 N–H and O–H groups in total. The fourth-order valence-electron chi connectivity index (χ4n) is 2.46. The minimum absolute atomic E-state index is 0.0540. The third-order valence-electron chi connectivity index (χ3n) is 3.93. The number of hydrogen-bond donors (Lipinski definition) is 1. The minimum Gasteiger partial charge on any atom is -0.374 e. The summed E-state index contributed by atoms with van der Waals surface area (Å²) < 4.78 is 6.06. The maximum atomic E-state index is 6.06. The normalized spacial score (nSPS) is 13.6. The summed E-state index contributed by atoms with van der Waals surface area (Å²) in [4.78, 5) is 0. The van der Waals surface area contributed by atoms with Gasteiger partial charge in [-0.1, -0.05) is 24.6 Å².